The van der Waals surface area contributed by atoms with Gasteiger partial charge >= 0.3 is 7.12 Å². The normalized spacial score (nSPS) is 17.0. The van der Waals surface area contributed by atoms with Crippen molar-refractivity contribution in [1.82, 2.24) is 9.97 Å². The van der Waals surface area contributed by atoms with E-state index in [1.165, 1.54) is 0 Å². The number of rotatable bonds is 3. The van der Waals surface area contributed by atoms with Crippen molar-refractivity contribution >= 4 is 28.5 Å². The maximum atomic E-state index is 6.00. The number of aromatic nitrogens is 2. The van der Waals surface area contributed by atoms with Gasteiger partial charge in [-0.3, -0.25) is 0 Å². The van der Waals surface area contributed by atoms with E-state index in [9.17, 15) is 0 Å². The molecule has 8 heteroatoms. The number of halogens is 1. The van der Waals surface area contributed by atoms with Crippen LogP contribution in [0.15, 0.2) is 29.0 Å². The van der Waals surface area contributed by atoms with Crippen LogP contribution in [0, 0.1) is 13.8 Å². The number of nitrogens with zero attached hydrogens (tertiary/aromatic N) is 2. The first-order valence-electron chi connectivity index (χ1n) is 9.03. The fraction of sp³-hybridized carbons (Fsp3) is 0.500. The third-order valence-electron chi connectivity index (χ3n) is 5.07. The van der Waals surface area contributed by atoms with Crippen LogP contribution in [0.25, 0.3) is 0 Å². The zero-order valence-electron chi connectivity index (χ0n) is 17.8. The number of ether oxygens (including phenoxy) is 2. The lowest BCUT2D eigenvalue weighted by molar-refractivity contribution is 0.00578. The Morgan fingerprint density at radius 1 is 0.857 bits per heavy atom. The molecular formula is C20H28BBrN2O4. The maximum Gasteiger partial charge on any atom is 0.496 e. The molecule has 0 aliphatic carbocycles. The van der Waals surface area contributed by atoms with Gasteiger partial charge in [-0.05, 0) is 68.6 Å². The SMILES string of the molecule is COc1cc(C)c(B2OC(C)(C)C(C)(C)O2)cn1.COc1cc(C)c(Br)cn1. The average Bonchev–Trinajstić information content (AvgIpc) is 2.85. The molecule has 0 aromatic carbocycles. The average molecular weight is 451 g/mol. The summed E-state index contributed by atoms with van der Waals surface area (Å²) in [7, 11) is 2.85. The summed E-state index contributed by atoms with van der Waals surface area (Å²) in [5, 5.41) is 0. The van der Waals surface area contributed by atoms with E-state index in [2.05, 4.69) is 25.9 Å². The molecule has 1 aliphatic heterocycles. The predicted octanol–water partition coefficient (Wildman–Crippen LogP) is 3.86. The molecule has 6 nitrogen and oxygen atoms in total. The first-order chi connectivity index (χ1) is 13.0. The lowest BCUT2D eigenvalue weighted by Crippen LogP contribution is -2.41. The summed E-state index contributed by atoms with van der Waals surface area (Å²) >= 11 is 3.34. The van der Waals surface area contributed by atoms with Gasteiger partial charge in [0.2, 0.25) is 11.8 Å². The van der Waals surface area contributed by atoms with Crippen LogP contribution in [0.2, 0.25) is 0 Å². The molecule has 1 aliphatic rings. The molecule has 2 aromatic rings. The van der Waals surface area contributed by atoms with Crippen LogP contribution >= 0.6 is 15.9 Å². The molecule has 3 rings (SSSR count). The predicted molar refractivity (Wildman–Crippen MR) is 114 cm³/mol. The second-order valence-corrected chi connectivity index (χ2v) is 8.50. The summed E-state index contributed by atoms with van der Waals surface area (Å²) in [5.74, 6) is 1.26. The first kappa shape index (κ1) is 22.7. The molecule has 0 unspecified atom stereocenters. The van der Waals surface area contributed by atoms with Gasteiger partial charge in [0.05, 0.1) is 25.4 Å². The topological polar surface area (TPSA) is 62.7 Å². The van der Waals surface area contributed by atoms with Crippen molar-refractivity contribution in [1.29, 1.82) is 0 Å². The van der Waals surface area contributed by atoms with Crippen molar-refractivity contribution in [3.8, 4) is 11.8 Å². The van der Waals surface area contributed by atoms with E-state index in [4.69, 9.17) is 18.8 Å². The van der Waals surface area contributed by atoms with Crippen LogP contribution in [0.1, 0.15) is 38.8 Å². The highest BCUT2D eigenvalue weighted by Gasteiger charge is 2.52. The van der Waals surface area contributed by atoms with Gasteiger partial charge in [0.1, 0.15) is 0 Å². The van der Waals surface area contributed by atoms with Gasteiger partial charge in [0.15, 0.2) is 0 Å². The number of aryl methyl sites for hydroxylation is 2. The zero-order valence-corrected chi connectivity index (χ0v) is 19.4. The Hall–Kier alpha value is -1.64. The van der Waals surface area contributed by atoms with Crippen LogP contribution in [0.4, 0.5) is 0 Å². The summed E-state index contributed by atoms with van der Waals surface area (Å²) in [6, 6.07) is 3.77. The Balaban J connectivity index is 0.000000237. The molecule has 0 radical (unpaired) electrons. The lowest BCUT2D eigenvalue weighted by atomic mass is 9.77. The molecule has 28 heavy (non-hydrogen) atoms. The molecule has 0 saturated carbocycles. The molecule has 2 aromatic heterocycles. The lowest BCUT2D eigenvalue weighted by Gasteiger charge is -2.32. The van der Waals surface area contributed by atoms with Gasteiger partial charge in [-0.15, -0.1) is 0 Å². The van der Waals surface area contributed by atoms with E-state index in [0.717, 1.165) is 21.1 Å². The van der Waals surface area contributed by atoms with Gasteiger partial charge in [0, 0.05) is 34.5 Å². The molecule has 1 saturated heterocycles. The number of hydrogen-bond donors (Lipinski definition) is 0. The highest BCUT2D eigenvalue weighted by Crippen LogP contribution is 2.36. The maximum absolute atomic E-state index is 6.00. The number of methoxy groups -OCH3 is 2. The van der Waals surface area contributed by atoms with Crippen molar-refractivity contribution in [2.45, 2.75) is 52.7 Å². The summed E-state index contributed by atoms with van der Waals surface area (Å²) < 4.78 is 23.0. The van der Waals surface area contributed by atoms with E-state index >= 15 is 0 Å². The van der Waals surface area contributed by atoms with Crippen molar-refractivity contribution in [2.75, 3.05) is 14.2 Å². The Morgan fingerprint density at radius 3 is 1.75 bits per heavy atom. The second kappa shape index (κ2) is 8.80. The molecule has 0 amide bonds. The minimum absolute atomic E-state index is 0.329. The van der Waals surface area contributed by atoms with Crippen LogP contribution in [-0.2, 0) is 9.31 Å². The standard InChI is InChI=1S/C13H20BNO3.C7H8BrNO/c1-9-7-11(16-6)15-8-10(9)14-17-12(2,3)13(4,5)18-14;1-5-3-7(10-2)9-4-6(5)8/h7-8H,1-6H3;3-4H,1-2H3. The Morgan fingerprint density at radius 2 is 1.32 bits per heavy atom. The second-order valence-electron chi connectivity index (χ2n) is 7.65. The summed E-state index contributed by atoms with van der Waals surface area (Å²) in [6.45, 7) is 12.2. The van der Waals surface area contributed by atoms with Crippen molar-refractivity contribution in [3.05, 3.63) is 40.1 Å². The quantitative estimate of drug-likeness (QED) is 0.661. The highest BCUT2D eigenvalue weighted by molar-refractivity contribution is 9.10. The third kappa shape index (κ3) is 5.04. The van der Waals surface area contributed by atoms with Gasteiger partial charge in [0.25, 0.3) is 0 Å². The van der Waals surface area contributed by atoms with Crippen molar-refractivity contribution in [2.24, 2.45) is 0 Å². The van der Waals surface area contributed by atoms with Crippen LogP contribution in [-0.4, -0.2) is 42.5 Å². The van der Waals surface area contributed by atoms with E-state index < -0.39 is 0 Å². The first-order valence-corrected chi connectivity index (χ1v) is 9.82. The van der Waals surface area contributed by atoms with Crippen LogP contribution in [0.3, 0.4) is 0 Å². The van der Waals surface area contributed by atoms with Crippen LogP contribution < -0.4 is 14.9 Å². The van der Waals surface area contributed by atoms with Crippen LogP contribution in [0.5, 0.6) is 11.8 Å². The molecule has 0 bridgehead atoms. The van der Waals surface area contributed by atoms with E-state index in [1.807, 2.05) is 53.7 Å². The minimum atomic E-state index is -0.367. The highest BCUT2D eigenvalue weighted by atomic mass is 79.9. The molecule has 0 N–H and O–H groups in total. The van der Waals surface area contributed by atoms with E-state index in [0.29, 0.717) is 11.8 Å². The molecule has 1 fully saturated rings. The number of hydrogen-bond acceptors (Lipinski definition) is 6. The van der Waals surface area contributed by atoms with Gasteiger partial charge < -0.3 is 18.8 Å². The fourth-order valence-corrected chi connectivity index (χ4v) is 2.71. The molecule has 152 valence electrons. The molecule has 0 atom stereocenters. The molecule has 0 spiro atoms. The Kier molecular flexibility index (Phi) is 7.12. The van der Waals surface area contributed by atoms with Gasteiger partial charge in [-0.2, -0.15) is 0 Å². The van der Waals surface area contributed by atoms with Crippen molar-refractivity contribution < 1.29 is 18.8 Å². The summed E-state index contributed by atoms with van der Waals surface area (Å²) in [5.41, 5.74) is 2.48. The third-order valence-corrected chi connectivity index (χ3v) is 5.90. The summed E-state index contributed by atoms with van der Waals surface area (Å²) in [4.78, 5) is 8.20. The molecule has 3 heterocycles. The Labute approximate surface area is 176 Å². The van der Waals surface area contributed by atoms with Crippen molar-refractivity contribution in [3.63, 3.8) is 0 Å². The fourth-order valence-electron chi connectivity index (χ4n) is 2.49. The van der Waals surface area contributed by atoms with Gasteiger partial charge in [-0.1, -0.05) is 0 Å². The van der Waals surface area contributed by atoms with Gasteiger partial charge in [-0.25, -0.2) is 9.97 Å². The molecular weight excluding hydrogens is 423 g/mol. The smallest absolute Gasteiger partial charge is 0.481 e. The zero-order chi connectivity index (χ0) is 21.1. The minimum Gasteiger partial charge on any atom is -0.481 e. The Bertz CT molecular complexity index is 814. The van der Waals surface area contributed by atoms with E-state index in [-0.39, 0.29) is 18.3 Å². The van der Waals surface area contributed by atoms with E-state index in [1.54, 1.807) is 26.6 Å². The monoisotopic (exact) mass is 450 g/mol. The summed E-state index contributed by atoms with van der Waals surface area (Å²) in [6.07, 6.45) is 3.49. The number of pyridine rings is 2. The largest absolute Gasteiger partial charge is 0.496 e.